The lowest BCUT2D eigenvalue weighted by Gasteiger charge is -2.27. The van der Waals surface area contributed by atoms with Gasteiger partial charge in [-0.25, -0.2) is 0 Å². The van der Waals surface area contributed by atoms with E-state index in [-0.39, 0.29) is 31.0 Å². The minimum atomic E-state index is -0.485. The molecule has 0 N–H and O–H groups in total. The molecule has 0 saturated carbocycles. The molecule has 2 atom stereocenters. The van der Waals surface area contributed by atoms with E-state index >= 15 is 0 Å². The maximum atomic E-state index is 13.2. The van der Waals surface area contributed by atoms with Crippen molar-refractivity contribution in [2.75, 3.05) is 13.2 Å². The molecule has 1 aromatic heterocycles. The molecule has 10 heteroatoms. The summed E-state index contributed by atoms with van der Waals surface area (Å²) < 4.78 is 0. The number of imide groups is 1. The topological polar surface area (TPSA) is 108 Å². The fourth-order valence-electron chi connectivity index (χ4n) is 4.90. The summed E-state index contributed by atoms with van der Waals surface area (Å²) in [4.78, 5) is 48.2. The van der Waals surface area contributed by atoms with Crippen molar-refractivity contribution in [2.45, 2.75) is 13.0 Å². The Balaban J connectivity index is 1.24. The number of amidine groups is 1. The summed E-state index contributed by atoms with van der Waals surface area (Å²) in [6, 6.07) is 19.6. The number of rotatable bonds is 6. The monoisotopic (exact) mass is 494 g/mol. The van der Waals surface area contributed by atoms with Crippen molar-refractivity contribution in [3.63, 3.8) is 0 Å². The number of amides is 3. The number of benzene rings is 2. The molecule has 4 heterocycles. The average Bonchev–Trinajstić information content (AvgIpc) is 3.55. The van der Waals surface area contributed by atoms with Crippen LogP contribution in [-0.2, 0) is 4.84 Å². The molecule has 0 saturated heterocycles. The van der Waals surface area contributed by atoms with Crippen LogP contribution in [0, 0.1) is 5.92 Å². The largest absolute Gasteiger partial charge is 0.285 e. The molecule has 0 spiro atoms. The first-order chi connectivity index (χ1) is 18.0. The minimum absolute atomic E-state index is 0.0328. The van der Waals surface area contributed by atoms with E-state index in [9.17, 15) is 14.4 Å². The van der Waals surface area contributed by atoms with Crippen LogP contribution < -0.4 is 0 Å². The lowest BCUT2D eigenvalue weighted by Crippen LogP contribution is -2.35. The van der Waals surface area contributed by atoms with Crippen molar-refractivity contribution in [1.29, 1.82) is 0 Å². The van der Waals surface area contributed by atoms with Crippen LogP contribution in [0.15, 0.2) is 89.3 Å². The van der Waals surface area contributed by atoms with Gasteiger partial charge >= 0.3 is 0 Å². The Bertz CT molecular complexity index is 1420. The first kappa shape index (κ1) is 22.7. The van der Waals surface area contributed by atoms with Gasteiger partial charge in [0.2, 0.25) is 0 Å². The number of hydroxylamine groups is 2. The van der Waals surface area contributed by atoms with Gasteiger partial charge in [-0.1, -0.05) is 42.5 Å². The normalized spacial score (nSPS) is 20.2. The van der Waals surface area contributed by atoms with Crippen LogP contribution in [0.2, 0.25) is 0 Å². The summed E-state index contributed by atoms with van der Waals surface area (Å²) in [6.07, 6.45) is 3.10. The Hall–Kier alpha value is -4.70. The molecule has 0 fully saturated rings. The smallest absolute Gasteiger partial charge is 0.284 e. The van der Waals surface area contributed by atoms with Crippen molar-refractivity contribution in [2.24, 2.45) is 16.1 Å². The van der Waals surface area contributed by atoms with Crippen molar-refractivity contribution in [3.05, 3.63) is 101 Å². The van der Waals surface area contributed by atoms with Crippen molar-refractivity contribution < 1.29 is 19.2 Å². The van der Waals surface area contributed by atoms with Gasteiger partial charge in [-0.2, -0.15) is 15.2 Å². The third kappa shape index (κ3) is 3.78. The van der Waals surface area contributed by atoms with Crippen LogP contribution >= 0.6 is 0 Å². The fourth-order valence-corrected chi connectivity index (χ4v) is 4.90. The Morgan fingerprint density at radius 1 is 0.919 bits per heavy atom. The number of hydrogen-bond acceptors (Lipinski definition) is 8. The molecule has 0 aliphatic carbocycles. The Morgan fingerprint density at radius 2 is 1.62 bits per heavy atom. The number of pyridine rings is 1. The molecule has 3 amide bonds. The Morgan fingerprint density at radius 3 is 2.30 bits per heavy atom. The number of carbonyl (C=O) groups is 3. The summed E-state index contributed by atoms with van der Waals surface area (Å²) in [5.74, 6) is -1.02. The zero-order chi connectivity index (χ0) is 25.5. The molecule has 0 radical (unpaired) electrons. The van der Waals surface area contributed by atoms with Gasteiger partial charge in [0.15, 0.2) is 5.84 Å². The third-order valence-corrected chi connectivity index (χ3v) is 6.61. The van der Waals surface area contributed by atoms with Gasteiger partial charge in [-0.3, -0.25) is 29.2 Å². The van der Waals surface area contributed by atoms with Crippen molar-refractivity contribution in [1.82, 2.24) is 20.1 Å². The number of nitrogens with zero attached hydrogens (tertiary/aromatic N) is 6. The third-order valence-electron chi connectivity index (χ3n) is 6.61. The van der Waals surface area contributed by atoms with E-state index in [1.165, 1.54) is 11.2 Å². The van der Waals surface area contributed by atoms with Crippen LogP contribution in [0.3, 0.4) is 0 Å². The van der Waals surface area contributed by atoms with E-state index in [2.05, 4.69) is 10.1 Å². The molecule has 6 rings (SSSR count). The fraction of sp³-hybridized carbons (Fsp3) is 0.185. The predicted molar refractivity (Wildman–Crippen MR) is 133 cm³/mol. The molecule has 37 heavy (non-hydrogen) atoms. The molecular formula is C27H22N6O4. The Kier molecular flexibility index (Phi) is 5.57. The SMILES string of the molecule is CC1=NN(C(=O)c2cccnc2)C2=NN(CCON3C(=O)c4ccccc4C3=O)C(c3ccccc3)C12. The highest BCUT2D eigenvalue weighted by molar-refractivity contribution is 6.20. The number of fused-ring (bicyclic) bond motifs is 2. The maximum absolute atomic E-state index is 13.2. The lowest BCUT2D eigenvalue weighted by molar-refractivity contribution is -0.0971. The summed E-state index contributed by atoms with van der Waals surface area (Å²) in [7, 11) is 0. The number of aromatic nitrogens is 1. The van der Waals surface area contributed by atoms with Gasteiger partial charge in [0.1, 0.15) is 0 Å². The maximum Gasteiger partial charge on any atom is 0.285 e. The molecule has 2 unspecified atom stereocenters. The molecule has 184 valence electrons. The van der Waals surface area contributed by atoms with Gasteiger partial charge < -0.3 is 0 Å². The van der Waals surface area contributed by atoms with E-state index < -0.39 is 11.8 Å². The van der Waals surface area contributed by atoms with Crippen LogP contribution in [0.1, 0.15) is 49.6 Å². The Labute approximate surface area is 212 Å². The molecule has 3 aliphatic rings. The molecule has 3 aliphatic heterocycles. The highest BCUT2D eigenvalue weighted by Crippen LogP contribution is 2.40. The van der Waals surface area contributed by atoms with Gasteiger partial charge in [0.05, 0.1) is 41.8 Å². The van der Waals surface area contributed by atoms with E-state index in [1.54, 1.807) is 42.6 Å². The van der Waals surface area contributed by atoms with E-state index in [4.69, 9.17) is 9.94 Å². The van der Waals surface area contributed by atoms with Crippen LogP contribution in [-0.4, -0.2) is 62.5 Å². The molecular weight excluding hydrogens is 472 g/mol. The van der Waals surface area contributed by atoms with E-state index in [0.717, 1.165) is 16.3 Å². The van der Waals surface area contributed by atoms with Gasteiger partial charge in [0, 0.05) is 18.1 Å². The molecule has 10 nitrogen and oxygen atoms in total. The second-order valence-corrected chi connectivity index (χ2v) is 8.84. The summed E-state index contributed by atoms with van der Waals surface area (Å²) in [5, 5.41) is 13.3. The average molecular weight is 495 g/mol. The second kappa shape index (κ2) is 9.07. The molecule has 2 aromatic carbocycles. The first-order valence-corrected chi connectivity index (χ1v) is 11.8. The first-order valence-electron chi connectivity index (χ1n) is 11.8. The van der Waals surface area contributed by atoms with Crippen molar-refractivity contribution in [3.8, 4) is 0 Å². The van der Waals surface area contributed by atoms with Gasteiger partial charge in [0.25, 0.3) is 17.7 Å². The molecule has 3 aromatic rings. The summed E-state index contributed by atoms with van der Waals surface area (Å²) in [5.41, 5.74) is 2.81. The second-order valence-electron chi connectivity index (χ2n) is 8.84. The van der Waals surface area contributed by atoms with Crippen LogP contribution in [0.4, 0.5) is 0 Å². The number of hydrazone groups is 2. The van der Waals surface area contributed by atoms with Crippen LogP contribution in [0.25, 0.3) is 0 Å². The van der Waals surface area contributed by atoms with Crippen molar-refractivity contribution >= 4 is 29.3 Å². The van der Waals surface area contributed by atoms with Gasteiger partial charge in [-0.05, 0) is 36.8 Å². The van der Waals surface area contributed by atoms with E-state index in [1.807, 2.05) is 42.3 Å². The molecule has 0 bridgehead atoms. The van der Waals surface area contributed by atoms with E-state index in [0.29, 0.717) is 22.5 Å². The standard InChI is InChI=1S/C27H22N6O4/c1-17-22-23(18-8-3-2-4-9-18)31(30-24(22)32(29-17)25(34)19-10-7-13-28-16-19)14-15-37-33-26(35)20-11-5-6-12-21(20)27(33)36/h2-13,16,22-23H,14-15H2,1H3. The highest BCUT2D eigenvalue weighted by atomic mass is 16.7. The quantitative estimate of drug-likeness (QED) is 0.488. The lowest BCUT2D eigenvalue weighted by atomic mass is 9.90. The van der Waals surface area contributed by atoms with Crippen LogP contribution in [0.5, 0.6) is 0 Å². The minimum Gasteiger partial charge on any atom is -0.284 e. The summed E-state index contributed by atoms with van der Waals surface area (Å²) in [6.45, 7) is 2.19. The number of carbonyl (C=O) groups excluding carboxylic acids is 3. The predicted octanol–water partition coefficient (Wildman–Crippen LogP) is 3.13. The zero-order valence-electron chi connectivity index (χ0n) is 19.9. The zero-order valence-corrected chi connectivity index (χ0v) is 19.9. The summed E-state index contributed by atoms with van der Waals surface area (Å²) >= 11 is 0. The highest BCUT2D eigenvalue weighted by Gasteiger charge is 2.48. The number of hydrogen-bond donors (Lipinski definition) is 0. The van der Waals surface area contributed by atoms with Gasteiger partial charge in [-0.15, -0.1) is 5.06 Å².